The summed E-state index contributed by atoms with van der Waals surface area (Å²) in [4.78, 5) is 14.1. The molecule has 1 aromatic heterocycles. The van der Waals surface area contributed by atoms with Crippen LogP contribution in [-0.2, 0) is 16.2 Å². The Morgan fingerprint density at radius 1 is 0.967 bits per heavy atom. The van der Waals surface area contributed by atoms with Crippen molar-refractivity contribution >= 4 is 38.7 Å². The number of piperazine rings is 1. The highest BCUT2D eigenvalue weighted by Crippen LogP contribution is 2.29. The lowest BCUT2D eigenvalue weighted by atomic mass is 10.1. The van der Waals surface area contributed by atoms with E-state index < -0.39 is 27.7 Å². The Morgan fingerprint density at radius 2 is 1.63 bits per heavy atom. The molecule has 0 aliphatic carbocycles. The van der Waals surface area contributed by atoms with Crippen LogP contribution in [0.2, 0.25) is 0 Å². The zero-order chi connectivity index (χ0) is 21.5. The first kappa shape index (κ1) is 20.7. The minimum Gasteiger partial charge on any atom is -0.336 e. The maximum atomic E-state index is 13.0. The lowest BCUT2D eigenvalue weighted by Crippen LogP contribution is -2.50. The summed E-state index contributed by atoms with van der Waals surface area (Å²) in [5.74, 6) is -0.438. The predicted octanol–water partition coefficient (Wildman–Crippen LogP) is 2.86. The van der Waals surface area contributed by atoms with Gasteiger partial charge in [0.15, 0.2) is 0 Å². The fraction of sp³-hybridized carbons (Fsp3) is 0.278. The van der Waals surface area contributed by atoms with Gasteiger partial charge < -0.3 is 4.90 Å². The van der Waals surface area contributed by atoms with Crippen LogP contribution in [0.5, 0.6) is 0 Å². The monoisotopic (exact) mass is 456 g/mol. The molecule has 12 heteroatoms. The first-order valence-corrected chi connectivity index (χ1v) is 11.0. The van der Waals surface area contributed by atoms with Crippen LogP contribution in [0, 0.1) is 0 Å². The summed E-state index contributed by atoms with van der Waals surface area (Å²) in [6.45, 7) is 0.403. The van der Waals surface area contributed by atoms with Crippen molar-refractivity contribution in [3.05, 3.63) is 53.6 Å². The average Bonchev–Trinajstić information content (AvgIpc) is 3.21. The molecule has 0 atom stereocenters. The van der Waals surface area contributed by atoms with Crippen LogP contribution in [0.1, 0.15) is 15.9 Å². The van der Waals surface area contributed by atoms with Crippen LogP contribution in [0.15, 0.2) is 47.4 Å². The van der Waals surface area contributed by atoms with E-state index in [0.29, 0.717) is 11.0 Å². The van der Waals surface area contributed by atoms with Gasteiger partial charge in [-0.3, -0.25) is 4.79 Å². The molecular formula is C18H15F3N4O3S2. The third-order valence-corrected chi connectivity index (χ3v) is 7.32. The Labute approximate surface area is 174 Å². The van der Waals surface area contributed by atoms with Crippen LogP contribution >= 0.6 is 11.7 Å². The van der Waals surface area contributed by atoms with Gasteiger partial charge in [0.05, 0.1) is 17.3 Å². The van der Waals surface area contributed by atoms with E-state index in [1.165, 1.54) is 15.3 Å². The van der Waals surface area contributed by atoms with Crippen molar-refractivity contribution in [1.82, 2.24) is 18.0 Å². The van der Waals surface area contributed by atoms with Gasteiger partial charge in [-0.2, -0.15) is 26.2 Å². The SMILES string of the molecule is O=C(c1ccc(C(F)(F)F)cc1)N1CCN(S(=O)(=O)c2cccc3nsnc23)CC1. The van der Waals surface area contributed by atoms with Crippen LogP contribution in [-0.4, -0.2) is 58.5 Å². The Kier molecular flexibility index (Phi) is 5.24. The number of carbonyl (C=O) groups is 1. The number of fused-ring (bicyclic) bond motifs is 1. The van der Waals surface area contributed by atoms with Crippen LogP contribution < -0.4 is 0 Å². The number of hydrogen-bond acceptors (Lipinski definition) is 6. The smallest absolute Gasteiger partial charge is 0.336 e. The van der Waals surface area contributed by atoms with Gasteiger partial charge in [0, 0.05) is 31.7 Å². The van der Waals surface area contributed by atoms with E-state index in [1.54, 1.807) is 12.1 Å². The van der Waals surface area contributed by atoms with Gasteiger partial charge in [-0.25, -0.2) is 8.42 Å². The quantitative estimate of drug-likeness (QED) is 0.605. The Bertz CT molecular complexity index is 1190. The predicted molar refractivity (Wildman–Crippen MR) is 104 cm³/mol. The number of benzene rings is 2. The molecule has 2 aromatic carbocycles. The molecule has 4 rings (SSSR count). The second kappa shape index (κ2) is 7.60. The van der Waals surface area contributed by atoms with Gasteiger partial charge in [-0.15, -0.1) is 0 Å². The third-order valence-electron chi connectivity index (χ3n) is 4.85. The number of sulfonamides is 1. The minimum absolute atomic E-state index is 0.0660. The molecular weight excluding hydrogens is 441 g/mol. The minimum atomic E-state index is -4.47. The third kappa shape index (κ3) is 3.77. The fourth-order valence-electron chi connectivity index (χ4n) is 3.24. The highest BCUT2D eigenvalue weighted by molar-refractivity contribution is 7.89. The van der Waals surface area contributed by atoms with E-state index in [1.807, 2.05) is 0 Å². The molecule has 158 valence electrons. The van der Waals surface area contributed by atoms with E-state index in [2.05, 4.69) is 8.75 Å². The lowest BCUT2D eigenvalue weighted by Gasteiger charge is -2.34. The number of halogens is 3. The van der Waals surface area contributed by atoms with Crippen molar-refractivity contribution in [3.63, 3.8) is 0 Å². The van der Waals surface area contributed by atoms with E-state index in [-0.39, 0.29) is 36.6 Å². The molecule has 0 N–H and O–H groups in total. The second-order valence-electron chi connectivity index (χ2n) is 6.66. The number of rotatable bonds is 3. The van der Waals surface area contributed by atoms with Crippen molar-refractivity contribution in [2.75, 3.05) is 26.2 Å². The molecule has 1 aliphatic heterocycles. The van der Waals surface area contributed by atoms with Gasteiger partial charge in [0.25, 0.3) is 5.91 Å². The van der Waals surface area contributed by atoms with Crippen molar-refractivity contribution in [1.29, 1.82) is 0 Å². The van der Waals surface area contributed by atoms with Crippen molar-refractivity contribution < 1.29 is 26.4 Å². The summed E-state index contributed by atoms with van der Waals surface area (Å²) in [5, 5.41) is 0. The molecule has 7 nitrogen and oxygen atoms in total. The average molecular weight is 456 g/mol. The molecule has 0 radical (unpaired) electrons. The molecule has 30 heavy (non-hydrogen) atoms. The van der Waals surface area contributed by atoms with Crippen molar-refractivity contribution in [2.24, 2.45) is 0 Å². The van der Waals surface area contributed by atoms with E-state index in [0.717, 1.165) is 36.0 Å². The van der Waals surface area contributed by atoms with Crippen molar-refractivity contribution in [2.45, 2.75) is 11.1 Å². The molecule has 0 bridgehead atoms. The van der Waals surface area contributed by atoms with Gasteiger partial charge in [0.2, 0.25) is 10.0 Å². The molecule has 0 saturated carbocycles. The number of carbonyl (C=O) groups excluding carboxylic acids is 1. The van der Waals surface area contributed by atoms with E-state index in [9.17, 15) is 26.4 Å². The fourth-order valence-corrected chi connectivity index (χ4v) is 5.42. The molecule has 1 amide bonds. The first-order valence-electron chi connectivity index (χ1n) is 8.86. The maximum absolute atomic E-state index is 13.0. The first-order chi connectivity index (χ1) is 14.2. The molecule has 1 saturated heterocycles. The number of aromatic nitrogens is 2. The zero-order valence-corrected chi connectivity index (χ0v) is 17.0. The van der Waals surface area contributed by atoms with Gasteiger partial charge in [0.1, 0.15) is 15.9 Å². The van der Waals surface area contributed by atoms with Crippen LogP contribution in [0.3, 0.4) is 0 Å². The topological polar surface area (TPSA) is 83.5 Å². The Morgan fingerprint density at radius 3 is 2.27 bits per heavy atom. The summed E-state index contributed by atoms with van der Waals surface area (Å²) in [6.07, 6.45) is -4.47. The number of amides is 1. The highest BCUT2D eigenvalue weighted by atomic mass is 32.2. The normalized spacial score (nSPS) is 16.2. The lowest BCUT2D eigenvalue weighted by molar-refractivity contribution is -0.137. The number of hydrogen-bond donors (Lipinski definition) is 0. The maximum Gasteiger partial charge on any atom is 0.416 e. The van der Waals surface area contributed by atoms with Crippen molar-refractivity contribution in [3.8, 4) is 0 Å². The van der Waals surface area contributed by atoms with Gasteiger partial charge in [-0.05, 0) is 36.4 Å². The molecule has 0 spiro atoms. The number of alkyl halides is 3. The summed E-state index contributed by atoms with van der Waals surface area (Å²) >= 11 is 0.928. The number of nitrogens with zero attached hydrogens (tertiary/aromatic N) is 4. The summed E-state index contributed by atoms with van der Waals surface area (Å²) < 4.78 is 73.5. The largest absolute Gasteiger partial charge is 0.416 e. The standard InChI is InChI=1S/C18H15F3N4O3S2/c19-18(20,21)13-6-4-12(5-7-13)17(26)24-8-10-25(11-9-24)30(27,28)15-3-1-2-14-16(15)23-29-22-14/h1-7H,8-11H2. The van der Waals surface area contributed by atoms with Crippen LogP contribution in [0.25, 0.3) is 11.0 Å². The zero-order valence-electron chi connectivity index (χ0n) is 15.3. The molecule has 0 unspecified atom stereocenters. The van der Waals surface area contributed by atoms with E-state index in [4.69, 9.17) is 0 Å². The highest BCUT2D eigenvalue weighted by Gasteiger charge is 2.33. The Balaban J connectivity index is 1.47. The van der Waals surface area contributed by atoms with E-state index >= 15 is 0 Å². The molecule has 1 fully saturated rings. The van der Waals surface area contributed by atoms with Gasteiger partial charge >= 0.3 is 6.18 Å². The summed E-state index contributed by atoms with van der Waals surface area (Å²) in [5.41, 5.74) is 0.0984. The van der Waals surface area contributed by atoms with Gasteiger partial charge in [-0.1, -0.05) is 6.07 Å². The summed E-state index contributed by atoms with van der Waals surface area (Å²) in [6, 6.07) is 8.72. The Hall–Kier alpha value is -2.57. The summed E-state index contributed by atoms with van der Waals surface area (Å²) in [7, 11) is -3.82. The van der Waals surface area contributed by atoms with Crippen LogP contribution in [0.4, 0.5) is 13.2 Å². The molecule has 1 aliphatic rings. The molecule has 2 heterocycles. The molecule has 3 aromatic rings. The second-order valence-corrected chi connectivity index (χ2v) is 9.09.